The number of aliphatic hydroxyl groups is 1. The van der Waals surface area contributed by atoms with Crippen LogP contribution < -0.4 is 10.2 Å². The number of anilines is 1. The van der Waals surface area contributed by atoms with Gasteiger partial charge in [0.1, 0.15) is 6.54 Å². The average molecular weight is 349 g/mol. The Morgan fingerprint density at radius 1 is 1.24 bits per heavy atom. The zero-order valence-electron chi connectivity index (χ0n) is 14.9. The van der Waals surface area contributed by atoms with E-state index in [0.717, 1.165) is 5.69 Å². The van der Waals surface area contributed by atoms with Crippen molar-refractivity contribution in [2.45, 2.75) is 19.8 Å². The van der Waals surface area contributed by atoms with Gasteiger partial charge in [-0.05, 0) is 23.6 Å². The van der Waals surface area contributed by atoms with E-state index in [4.69, 9.17) is 9.84 Å². The molecule has 1 aromatic rings. The smallest absolute Gasteiger partial charge is 0.325 e. The fourth-order valence-corrected chi connectivity index (χ4v) is 2.67. The van der Waals surface area contributed by atoms with Crippen molar-refractivity contribution >= 4 is 17.6 Å². The predicted molar refractivity (Wildman–Crippen MR) is 95.8 cm³/mol. The summed E-state index contributed by atoms with van der Waals surface area (Å²) < 4.78 is 5.07. The van der Waals surface area contributed by atoms with Gasteiger partial charge in [0.2, 0.25) is 5.91 Å². The molecule has 1 aliphatic rings. The fourth-order valence-electron chi connectivity index (χ4n) is 2.67. The van der Waals surface area contributed by atoms with Crippen LogP contribution in [0.5, 0.6) is 0 Å². The van der Waals surface area contributed by atoms with E-state index in [0.29, 0.717) is 32.2 Å². The lowest BCUT2D eigenvalue weighted by Gasteiger charge is -2.19. The highest BCUT2D eigenvalue weighted by atomic mass is 16.5. The van der Waals surface area contributed by atoms with E-state index in [-0.39, 0.29) is 31.7 Å². The van der Waals surface area contributed by atoms with Crippen molar-refractivity contribution in [1.29, 1.82) is 0 Å². The molecule has 0 unspecified atom stereocenters. The molecule has 0 aromatic heterocycles. The molecule has 3 amide bonds. The molecule has 1 saturated heterocycles. The molecule has 0 bridgehead atoms. The van der Waals surface area contributed by atoms with Crippen LogP contribution in [0, 0.1) is 0 Å². The molecule has 7 nitrogen and oxygen atoms in total. The van der Waals surface area contributed by atoms with Crippen molar-refractivity contribution in [2.24, 2.45) is 0 Å². The van der Waals surface area contributed by atoms with Crippen LogP contribution in [-0.2, 0) is 9.53 Å². The van der Waals surface area contributed by atoms with Crippen LogP contribution in [0.3, 0.4) is 0 Å². The molecule has 0 atom stereocenters. The highest BCUT2D eigenvalue weighted by molar-refractivity contribution is 5.96. The quantitative estimate of drug-likeness (QED) is 0.656. The highest BCUT2D eigenvalue weighted by Crippen LogP contribution is 2.23. The summed E-state index contributed by atoms with van der Waals surface area (Å²) in [5.41, 5.74) is 2.09. The molecule has 2 N–H and O–H groups in total. The molecular weight excluding hydrogens is 322 g/mol. The van der Waals surface area contributed by atoms with Crippen molar-refractivity contribution in [1.82, 2.24) is 10.2 Å². The van der Waals surface area contributed by atoms with Gasteiger partial charge in [0.05, 0.1) is 19.8 Å². The van der Waals surface area contributed by atoms with Gasteiger partial charge in [-0.2, -0.15) is 0 Å². The van der Waals surface area contributed by atoms with Gasteiger partial charge in [0, 0.05) is 25.3 Å². The summed E-state index contributed by atoms with van der Waals surface area (Å²) >= 11 is 0. The van der Waals surface area contributed by atoms with Crippen LogP contribution in [-0.4, -0.2) is 67.9 Å². The van der Waals surface area contributed by atoms with Crippen LogP contribution in [0.15, 0.2) is 24.3 Å². The minimum Gasteiger partial charge on any atom is -0.394 e. The fraction of sp³-hybridized carbons (Fsp3) is 0.556. The maximum absolute atomic E-state index is 12.5. The Morgan fingerprint density at radius 3 is 2.60 bits per heavy atom. The van der Waals surface area contributed by atoms with E-state index in [2.05, 4.69) is 19.2 Å². The lowest BCUT2D eigenvalue weighted by atomic mass is 10.0. The highest BCUT2D eigenvalue weighted by Gasteiger charge is 2.30. The summed E-state index contributed by atoms with van der Waals surface area (Å²) in [6.45, 7) is 6.33. The minimum atomic E-state index is -0.210. The van der Waals surface area contributed by atoms with Crippen LogP contribution in [0.1, 0.15) is 25.3 Å². The molecule has 7 heteroatoms. The Hall–Kier alpha value is -2.12. The third-order valence-electron chi connectivity index (χ3n) is 4.11. The largest absolute Gasteiger partial charge is 0.394 e. The number of aliphatic hydroxyl groups excluding tert-OH is 1. The zero-order valence-corrected chi connectivity index (χ0v) is 14.9. The van der Waals surface area contributed by atoms with Gasteiger partial charge in [-0.25, -0.2) is 4.79 Å². The average Bonchev–Trinajstić information content (AvgIpc) is 2.95. The van der Waals surface area contributed by atoms with Crippen molar-refractivity contribution in [3.8, 4) is 0 Å². The first-order valence-corrected chi connectivity index (χ1v) is 8.64. The second-order valence-electron chi connectivity index (χ2n) is 6.29. The summed E-state index contributed by atoms with van der Waals surface area (Å²) in [4.78, 5) is 27.6. The number of amides is 3. The van der Waals surface area contributed by atoms with Gasteiger partial charge >= 0.3 is 6.03 Å². The van der Waals surface area contributed by atoms with E-state index in [1.165, 1.54) is 5.56 Å². The van der Waals surface area contributed by atoms with E-state index >= 15 is 0 Å². The van der Waals surface area contributed by atoms with Crippen molar-refractivity contribution in [3.63, 3.8) is 0 Å². The Morgan fingerprint density at radius 2 is 1.96 bits per heavy atom. The zero-order chi connectivity index (χ0) is 18.2. The Labute approximate surface area is 148 Å². The predicted octanol–water partition coefficient (Wildman–Crippen LogP) is 1.18. The third-order valence-corrected chi connectivity index (χ3v) is 4.11. The number of hydrogen-bond acceptors (Lipinski definition) is 4. The molecule has 138 valence electrons. The standard InChI is InChI=1S/C18H27N3O4/c1-14(2)15-3-5-16(6-4-15)21-9-8-20(18(21)24)13-17(23)19-7-11-25-12-10-22/h3-6,14,22H,7-13H2,1-2H3,(H,19,23). The summed E-state index contributed by atoms with van der Waals surface area (Å²) in [6.07, 6.45) is 0. The Kier molecular flexibility index (Phi) is 7.21. The van der Waals surface area contributed by atoms with Gasteiger partial charge in [-0.15, -0.1) is 0 Å². The Balaban J connectivity index is 1.81. The van der Waals surface area contributed by atoms with E-state index in [1.807, 2.05) is 24.3 Å². The summed E-state index contributed by atoms with van der Waals surface area (Å²) in [5, 5.41) is 11.3. The number of nitrogens with one attached hydrogen (secondary N) is 1. The number of hydrogen-bond donors (Lipinski definition) is 2. The molecule has 1 aliphatic heterocycles. The number of nitrogens with zero attached hydrogens (tertiary/aromatic N) is 2. The molecule has 1 fully saturated rings. The topological polar surface area (TPSA) is 82.1 Å². The van der Waals surface area contributed by atoms with Crippen molar-refractivity contribution < 1.29 is 19.4 Å². The lowest BCUT2D eigenvalue weighted by Crippen LogP contribution is -2.40. The van der Waals surface area contributed by atoms with E-state index in [9.17, 15) is 9.59 Å². The molecule has 0 radical (unpaired) electrons. The van der Waals surface area contributed by atoms with Gasteiger partial charge in [0.25, 0.3) is 0 Å². The summed E-state index contributed by atoms with van der Waals surface area (Å²) in [5.74, 6) is 0.239. The SMILES string of the molecule is CC(C)c1ccc(N2CCN(CC(=O)NCCOCCO)C2=O)cc1. The maximum atomic E-state index is 12.5. The normalized spacial score (nSPS) is 14.5. The molecule has 25 heavy (non-hydrogen) atoms. The first-order valence-electron chi connectivity index (χ1n) is 8.64. The molecule has 0 aliphatic carbocycles. The Bertz CT molecular complexity index is 574. The number of benzene rings is 1. The van der Waals surface area contributed by atoms with Gasteiger partial charge < -0.3 is 20.1 Å². The minimum absolute atomic E-state index is 0.0375. The first-order chi connectivity index (χ1) is 12.0. The maximum Gasteiger partial charge on any atom is 0.325 e. The lowest BCUT2D eigenvalue weighted by molar-refractivity contribution is -0.121. The summed E-state index contributed by atoms with van der Waals surface area (Å²) in [7, 11) is 0. The van der Waals surface area contributed by atoms with Gasteiger partial charge in [-0.3, -0.25) is 9.69 Å². The van der Waals surface area contributed by atoms with E-state index in [1.54, 1.807) is 9.80 Å². The van der Waals surface area contributed by atoms with Gasteiger partial charge in [-0.1, -0.05) is 26.0 Å². The van der Waals surface area contributed by atoms with Gasteiger partial charge in [0.15, 0.2) is 0 Å². The molecule has 0 spiro atoms. The molecule has 1 aromatic carbocycles. The van der Waals surface area contributed by atoms with Crippen LogP contribution in [0.4, 0.5) is 10.5 Å². The molecule has 1 heterocycles. The monoisotopic (exact) mass is 349 g/mol. The second kappa shape index (κ2) is 9.39. The number of carbonyl (C=O) groups excluding carboxylic acids is 2. The molecule has 2 rings (SSSR count). The van der Waals surface area contributed by atoms with Crippen LogP contribution >= 0.6 is 0 Å². The van der Waals surface area contributed by atoms with Crippen molar-refractivity contribution in [2.75, 3.05) is 50.9 Å². The van der Waals surface area contributed by atoms with Crippen molar-refractivity contribution in [3.05, 3.63) is 29.8 Å². The number of urea groups is 1. The van der Waals surface area contributed by atoms with Crippen LogP contribution in [0.25, 0.3) is 0 Å². The summed E-state index contributed by atoms with van der Waals surface area (Å²) in [6, 6.07) is 7.83. The number of rotatable bonds is 9. The number of carbonyl (C=O) groups is 2. The van der Waals surface area contributed by atoms with Crippen LogP contribution in [0.2, 0.25) is 0 Å². The first kappa shape index (κ1) is 19.2. The molecule has 0 saturated carbocycles. The number of ether oxygens (including phenoxy) is 1. The third kappa shape index (κ3) is 5.44. The van der Waals surface area contributed by atoms with E-state index < -0.39 is 0 Å². The second-order valence-corrected chi connectivity index (χ2v) is 6.29. The molecular formula is C18H27N3O4.